The van der Waals surface area contributed by atoms with Crippen molar-refractivity contribution in [3.63, 3.8) is 0 Å². The zero-order valence-electron chi connectivity index (χ0n) is 16.9. The van der Waals surface area contributed by atoms with E-state index in [0.29, 0.717) is 43.3 Å². The van der Waals surface area contributed by atoms with Crippen molar-refractivity contribution < 1.29 is 27.5 Å². The Hall–Kier alpha value is -3.07. The fourth-order valence-electron chi connectivity index (χ4n) is 4.09. The Bertz CT molecular complexity index is 987. The summed E-state index contributed by atoms with van der Waals surface area (Å²) in [6, 6.07) is 11.5. The number of alkyl halides is 3. The lowest BCUT2D eigenvalue weighted by Gasteiger charge is -2.38. The molecule has 4 rings (SSSR count). The van der Waals surface area contributed by atoms with Gasteiger partial charge >= 0.3 is 6.18 Å². The van der Waals surface area contributed by atoms with Crippen molar-refractivity contribution in [2.24, 2.45) is 0 Å². The number of ether oxygens (including phenoxy) is 1. The summed E-state index contributed by atoms with van der Waals surface area (Å²) in [5, 5.41) is 0. The van der Waals surface area contributed by atoms with Crippen molar-refractivity contribution in [3.05, 3.63) is 54.1 Å². The highest BCUT2D eigenvalue weighted by atomic mass is 19.4. The third kappa shape index (κ3) is 4.23. The van der Waals surface area contributed by atoms with Crippen LogP contribution >= 0.6 is 0 Å². The van der Waals surface area contributed by atoms with Gasteiger partial charge in [0.1, 0.15) is 5.75 Å². The quantitative estimate of drug-likeness (QED) is 0.694. The molecule has 2 aliphatic rings. The summed E-state index contributed by atoms with van der Waals surface area (Å²) in [6.07, 6.45) is -4.31. The normalized spacial score (nSPS) is 20.5. The molecule has 2 aromatic rings. The molecule has 0 saturated carbocycles. The van der Waals surface area contributed by atoms with Crippen molar-refractivity contribution in [3.8, 4) is 5.75 Å². The Kier molecular flexibility index (Phi) is 5.62. The average Bonchev–Trinajstić information content (AvgIpc) is 3.07. The molecule has 2 fully saturated rings. The minimum absolute atomic E-state index is 0.0829. The number of methoxy groups -OCH3 is 1. The zero-order chi connectivity index (χ0) is 22.2. The Morgan fingerprint density at radius 3 is 2.29 bits per heavy atom. The summed E-state index contributed by atoms with van der Waals surface area (Å²) in [6.45, 7) is 1.90. The van der Waals surface area contributed by atoms with E-state index in [1.165, 1.54) is 18.1 Å². The van der Waals surface area contributed by atoms with Crippen molar-refractivity contribution in [2.75, 3.05) is 43.1 Å². The molecule has 2 heterocycles. The lowest BCUT2D eigenvalue weighted by atomic mass is 10.1. The number of hydrogen-bond donors (Lipinski definition) is 0. The molecule has 0 unspecified atom stereocenters. The lowest BCUT2D eigenvalue weighted by Crippen LogP contribution is -2.52. The van der Waals surface area contributed by atoms with Crippen LogP contribution in [-0.4, -0.2) is 56.0 Å². The first-order valence-electron chi connectivity index (χ1n) is 9.95. The SMILES string of the molecule is COc1cccc(N2C(=O)C[C@@H](N3CCN(c4cccc(C(F)(F)F)c4)CC3)C2=O)c1. The van der Waals surface area contributed by atoms with Gasteiger partial charge in [-0.15, -0.1) is 0 Å². The highest BCUT2D eigenvalue weighted by Gasteiger charge is 2.43. The number of benzene rings is 2. The van der Waals surface area contributed by atoms with Crippen molar-refractivity contribution in [2.45, 2.75) is 18.6 Å². The second kappa shape index (κ2) is 8.22. The lowest BCUT2D eigenvalue weighted by molar-refractivity contribution is -0.137. The third-order valence-electron chi connectivity index (χ3n) is 5.73. The maximum Gasteiger partial charge on any atom is 0.416 e. The van der Waals surface area contributed by atoms with E-state index in [4.69, 9.17) is 4.74 Å². The van der Waals surface area contributed by atoms with Gasteiger partial charge in [-0.05, 0) is 30.3 Å². The first kappa shape index (κ1) is 21.2. The van der Waals surface area contributed by atoms with Gasteiger partial charge in [-0.3, -0.25) is 14.5 Å². The Morgan fingerprint density at radius 1 is 0.935 bits per heavy atom. The van der Waals surface area contributed by atoms with E-state index in [1.807, 2.05) is 9.80 Å². The van der Waals surface area contributed by atoms with Crippen LogP contribution in [0.25, 0.3) is 0 Å². The van der Waals surface area contributed by atoms with Gasteiger partial charge in [0.05, 0.1) is 30.8 Å². The van der Waals surface area contributed by atoms with E-state index in [1.54, 1.807) is 30.3 Å². The van der Waals surface area contributed by atoms with Gasteiger partial charge < -0.3 is 9.64 Å². The molecule has 1 atom stereocenters. The molecule has 2 aromatic carbocycles. The number of carbonyl (C=O) groups is 2. The number of carbonyl (C=O) groups excluding carboxylic acids is 2. The van der Waals surface area contributed by atoms with Gasteiger partial charge in [0.2, 0.25) is 5.91 Å². The van der Waals surface area contributed by atoms with Gasteiger partial charge in [0.15, 0.2) is 0 Å². The Morgan fingerprint density at radius 2 is 1.61 bits per heavy atom. The second-order valence-electron chi connectivity index (χ2n) is 7.56. The molecule has 6 nitrogen and oxygen atoms in total. The molecule has 31 heavy (non-hydrogen) atoms. The van der Waals surface area contributed by atoms with Crippen molar-refractivity contribution in [1.29, 1.82) is 0 Å². The summed E-state index contributed by atoms with van der Waals surface area (Å²) in [5.74, 6) is -0.00872. The van der Waals surface area contributed by atoms with Crippen LogP contribution in [0.1, 0.15) is 12.0 Å². The number of piperazine rings is 1. The van der Waals surface area contributed by atoms with Crippen LogP contribution in [0.3, 0.4) is 0 Å². The van der Waals surface area contributed by atoms with Gasteiger partial charge in [-0.2, -0.15) is 13.2 Å². The smallest absolute Gasteiger partial charge is 0.416 e. The van der Waals surface area contributed by atoms with E-state index in [0.717, 1.165) is 12.1 Å². The van der Waals surface area contributed by atoms with Crippen LogP contribution in [-0.2, 0) is 15.8 Å². The molecule has 0 aromatic heterocycles. The average molecular weight is 433 g/mol. The van der Waals surface area contributed by atoms with Crippen LogP contribution < -0.4 is 14.5 Å². The molecule has 164 valence electrons. The number of amides is 2. The van der Waals surface area contributed by atoms with Crippen LogP contribution in [0.4, 0.5) is 24.5 Å². The van der Waals surface area contributed by atoms with E-state index < -0.39 is 17.8 Å². The molecule has 2 aliphatic heterocycles. The number of hydrogen-bond acceptors (Lipinski definition) is 5. The predicted molar refractivity (Wildman–Crippen MR) is 109 cm³/mol. The van der Waals surface area contributed by atoms with Crippen LogP contribution in [0.15, 0.2) is 48.5 Å². The van der Waals surface area contributed by atoms with Crippen LogP contribution in [0, 0.1) is 0 Å². The molecule has 0 bridgehead atoms. The first-order valence-corrected chi connectivity index (χ1v) is 9.95. The maximum absolute atomic E-state index is 13.0. The molecular formula is C22H22F3N3O3. The predicted octanol–water partition coefficient (Wildman–Crippen LogP) is 3.17. The summed E-state index contributed by atoms with van der Waals surface area (Å²) in [7, 11) is 1.51. The molecule has 0 N–H and O–H groups in total. The first-order chi connectivity index (χ1) is 14.8. The molecule has 2 amide bonds. The monoisotopic (exact) mass is 433 g/mol. The van der Waals surface area contributed by atoms with Crippen molar-refractivity contribution >= 4 is 23.2 Å². The summed E-state index contributed by atoms with van der Waals surface area (Å²) >= 11 is 0. The number of rotatable bonds is 4. The number of anilines is 2. The van der Waals surface area contributed by atoms with Crippen LogP contribution in [0.2, 0.25) is 0 Å². The van der Waals surface area contributed by atoms with Gasteiger partial charge in [-0.25, -0.2) is 4.90 Å². The highest BCUT2D eigenvalue weighted by molar-refractivity contribution is 6.22. The summed E-state index contributed by atoms with van der Waals surface area (Å²) < 4.78 is 44.2. The number of nitrogens with zero attached hydrogens (tertiary/aromatic N) is 3. The number of imide groups is 1. The van der Waals surface area contributed by atoms with E-state index in [9.17, 15) is 22.8 Å². The summed E-state index contributed by atoms with van der Waals surface area (Å²) in [5.41, 5.74) is 0.290. The van der Waals surface area contributed by atoms with Crippen LogP contribution in [0.5, 0.6) is 5.75 Å². The van der Waals surface area contributed by atoms with Gasteiger partial charge in [0.25, 0.3) is 5.91 Å². The highest BCUT2D eigenvalue weighted by Crippen LogP contribution is 2.33. The fourth-order valence-corrected chi connectivity index (χ4v) is 4.09. The number of halogens is 3. The van der Waals surface area contributed by atoms with E-state index >= 15 is 0 Å². The topological polar surface area (TPSA) is 53.1 Å². The molecule has 9 heteroatoms. The standard InChI is InChI=1S/C22H22F3N3O3/c1-31-18-7-3-6-17(13-18)28-20(29)14-19(21(28)30)27-10-8-26(9-11-27)16-5-2-4-15(12-16)22(23,24)25/h2-7,12-13,19H,8-11,14H2,1H3/t19-/m1/s1. The third-order valence-corrected chi connectivity index (χ3v) is 5.73. The zero-order valence-corrected chi connectivity index (χ0v) is 16.9. The minimum Gasteiger partial charge on any atom is -0.497 e. The van der Waals surface area contributed by atoms with E-state index in [-0.39, 0.29) is 18.2 Å². The van der Waals surface area contributed by atoms with E-state index in [2.05, 4.69) is 0 Å². The molecule has 0 radical (unpaired) electrons. The molecular weight excluding hydrogens is 411 g/mol. The van der Waals surface area contributed by atoms with Crippen molar-refractivity contribution in [1.82, 2.24) is 4.90 Å². The largest absolute Gasteiger partial charge is 0.497 e. The van der Waals surface area contributed by atoms with Gasteiger partial charge in [-0.1, -0.05) is 12.1 Å². The fraction of sp³-hybridized carbons (Fsp3) is 0.364. The molecule has 0 spiro atoms. The Balaban J connectivity index is 1.43. The molecule has 2 saturated heterocycles. The van der Waals surface area contributed by atoms with Gasteiger partial charge in [0, 0.05) is 37.9 Å². The summed E-state index contributed by atoms with van der Waals surface area (Å²) in [4.78, 5) is 30.6. The minimum atomic E-state index is -4.39. The molecule has 0 aliphatic carbocycles. The maximum atomic E-state index is 13.0. The Labute approximate surface area is 177 Å². The second-order valence-corrected chi connectivity index (χ2v) is 7.56.